The number of anilines is 1. The second-order valence-corrected chi connectivity index (χ2v) is 7.52. The molecule has 2 aromatic carbocycles. The Morgan fingerprint density at radius 2 is 2.00 bits per heavy atom. The molecule has 0 aliphatic carbocycles. The normalized spacial score (nSPS) is 16.3. The zero-order valence-electron chi connectivity index (χ0n) is 16.9. The van der Waals surface area contributed by atoms with Crippen molar-refractivity contribution in [3.63, 3.8) is 0 Å². The van der Waals surface area contributed by atoms with Gasteiger partial charge < -0.3 is 15.0 Å². The van der Waals surface area contributed by atoms with Gasteiger partial charge in [-0.05, 0) is 60.4 Å². The summed E-state index contributed by atoms with van der Waals surface area (Å²) in [6.45, 7) is 1.61. The van der Waals surface area contributed by atoms with Crippen LogP contribution in [0.1, 0.15) is 18.4 Å². The molecule has 0 bridgehead atoms. The fourth-order valence-corrected chi connectivity index (χ4v) is 3.76. The maximum atomic E-state index is 13.0. The van der Waals surface area contributed by atoms with E-state index in [1.54, 1.807) is 19.2 Å². The zero-order chi connectivity index (χ0) is 20.9. The van der Waals surface area contributed by atoms with Crippen LogP contribution in [-0.4, -0.2) is 42.3 Å². The Morgan fingerprint density at radius 1 is 1.23 bits per heavy atom. The molecule has 1 fully saturated rings. The van der Waals surface area contributed by atoms with Gasteiger partial charge >= 0.3 is 0 Å². The predicted molar refractivity (Wildman–Crippen MR) is 114 cm³/mol. The van der Waals surface area contributed by atoms with Crippen molar-refractivity contribution in [2.45, 2.75) is 25.3 Å². The summed E-state index contributed by atoms with van der Waals surface area (Å²) in [7, 11) is 1.65. The van der Waals surface area contributed by atoms with Gasteiger partial charge in [0.05, 0.1) is 19.2 Å². The molecule has 156 valence electrons. The average molecular weight is 408 g/mol. The Bertz CT molecular complexity index is 985. The third-order valence-corrected chi connectivity index (χ3v) is 5.35. The third-order valence-electron chi connectivity index (χ3n) is 5.35. The summed E-state index contributed by atoms with van der Waals surface area (Å²) in [5.41, 5.74) is 2.78. The minimum Gasteiger partial charge on any atom is -0.497 e. The van der Waals surface area contributed by atoms with E-state index in [9.17, 15) is 9.18 Å². The van der Waals surface area contributed by atoms with Crippen LogP contribution < -0.4 is 15.0 Å². The molecule has 1 atom stereocenters. The fourth-order valence-electron chi connectivity index (χ4n) is 3.76. The Kier molecular flexibility index (Phi) is 5.97. The van der Waals surface area contributed by atoms with Crippen molar-refractivity contribution >= 4 is 11.7 Å². The molecule has 4 rings (SSSR count). The number of halogens is 1. The largest absolute Gasteiger partial charge is 0.497 e. The van der Waals surface area contributed by atoms with Crippen molar-refractivity contribution in [3.05, 3.63) is 66.0 Å². The first-order valence-electron chi connectivity index (χ1n) is 10.1. The van der Waals surface area contributed by atoms with Crippen LogP contribution in [-0.2, 0) is 11.2 Å². The summed E-state index contributed by atoms with van der Waals surface area (Å²) >= 11 is 0. The standard InChI is InChI=1S/C23H25FN4O2/c1-30-20-10-6-17(7-11-20)21-14-22(27-26-21)28-12-2-3-19(15-28)25-23(29)13-16-4-8-18(24)9-5-16/h4-11,14,19H,2-3,12-13,15H2,1H3,(H,25,29)(H,26,27)/t19-/m0/s1. The molecule has 1 amide bonds. The Balaban J connectivity index is 1.36. The van der Waals surface area contributed by atoms with Crippen LogP contribution in [0.15, 0.2) is 54.6 Å². The molecule has 3 aromatic rings. The number of H-pyrrole nitrogens is 1. The van der Waals surface area contributed by atoms with Crippen LogP contribution in [0.3, 0.4) is 0 Å². The number of benzene rings is 2. The lowest BCUT2D eigenvalue weighted by Crippen LogP contribution is -2.48. The SMILES string of the molecule is COc1ccc(-c2cc(N3CCC[C@H](NC(=O)Cc4ccc(F)cc4)C3)n[nH]2)cc1. The van der Waals surface area contributed by atoms with E-state index in [0.29, 0.717) is 6.54 Å². The molecule has 0 unspecified atom stereocenters. The first kappa shape index (κ1) is 19.9. The second-order valence-electron chi connectivity index (χ2n) is 7.52. The van der Waals surface area contributed by atoms with Gasteiger partial charge in [-0.2, -0.15) is 5.10 Å². The second kappa shape index (κ2) is 8.98. The number of carbonyl (C=O) groups excluding carboxylic acids is 1. The van der Waals surface area contributed by atoms with Crippen LogP contribution in [0.2, 0.25) is 0 Å². The van der Waals surface area contributed by atoms with E-state index in [4.69, 9.17) is 4.74 Å². The number of methoxy groups -OCH3 is 1. The Hall–Kier alpha value is -3.35. The Labute approximate surface area is 175 Å². The quantitative estimate of drug-likeness (QED) is 0.654. The minimum absolute atomic E-state index is 0.0468. The molecule has 1 aliphatic rings. The van der Waals surface area contributed by atoms with Gasteiger partial charge in [-0.3, -0.25) is 9.89 Å². The lowest BCUT2D eigenvalue weighted by atomic mass is 10.0. The monoisotopic (exact) mass is 408 g/mol. The van der Waals surface area contributed by atoms with Gasteiger partial charge in [0.25, 0.3) is 0 Å². The summed E-state index contributed by atoms with van der Waals surface area (Å²) in [6.07, 6.45) is 2.16. The van der Waals surface area contributed by atoms with Crippen LogP contribution >= 0.6 is 0 Å². The lowest BCUT2D eigenvalue weighted by molar-refractivity contribution is -0.121. The van der Waals surface area contributed by atoms with E-state index in [2.05, 4.69) is 20.4 Å². The van der Waals surface area contributed by atoms with Crippen LogP contribution in [0.25, 0.3) is 11.3 Å². The molecule has 1 saturated heterocycles. The van der Waals surface area contributed by atoms with Gasteiger partial charge in [0.15, 0.2) is 5.82 Å². The fraction of sp³-hybridized carbons (Fsp3) is 0.304. The maximum Gasteiger partial charge on any atom is 0.224 e. The summed E-state index contributed by atoms with van der Waals surface area (Å²) < 4.78 is 18.2. The van der Waals surface area contributed by atoms with Gasteiger partial charge in [-0.25, -0.2) is 4.39 Å². The summed E-state index contributed by atoms with van der Waals surface area (Å²) in [6, 6.07) is 16.0. The lowest BCUT2D eigenvalue weighted by Gasteiger charge is -2.33. The van der Waals surface area contributed by atoms with Crippen molar-refractivity contribution in [1.82, 2.24) is 15.5 Å². The minimum atomic E-state index is -0.296. The highest BCUT2D eigenvalue weighted by atomic mass is 19.1. The van der Waals surface area contributed by atoms with Crippen molar-refractivity contribution in [3.8, 4) is 17.0 Å². The van der Waals surface area contributed by atoms with Crippen molar-refractivity contribution < 1.29 is 13.9 Å². The highest BCUT2D eigenvalue weighted by Crippen LogP contribution is 2.25. The molecular formula is C23H25FN4O2. The number of ether oxygens (including phenoxy) is 1. The number of hydrogen-bond donors (Lipinski definition) is 2. The number of rotatable bonds is 6. The molecular weight excluding hydrogens is 383 g/mol. The van der Waals surface area contributed by atoms with Crippen molar-refractivity contribution in [2.75, 3.05) is 25.1 Å². The number of aromatic amines is 1. The molecule has 2 N–H and O–H groups in total. The van der Waals surface area contributed by atoms with E-state index in [1.807, 2.05) is 30.3 Å². The first-order chi connectivity index (χ1) is 14.6. The zero-order valence-corrected chi connectivity index (χ0v) is 16.9. The molecule has 0 saturated carbocycles. The van der Waals surface area contributed by atoms with Gasteiger partial charge in [-0.15, -0.1) is 0 Å². The van der Waals surface area contributed by atoms with Gasteiger partial charge in [0.1, 0.15) is 11.6 Å². The first-order valence-corrected chi connectivity index (χ1v) is 10.1. The Morgan fingerprint density at radius 3 is 2.73 bits per heavy atom. The third kappa shape index (κ3) is 4.79. The van der Waals surface area contributed by atoms with E-state index >= 15 is 0 Å². The molecule has 1 aliphatic heterocycles. The highest BCUT2D eigenvalue weighted by molar-refractivity contribution is 5.79. The number of nitrogens with one attached hydrogen (secondary N) is 2. The van der Waals surface area contributed by atoms with Crippen LogP contribution in [0.4, 0.5) is 10.2 Å². The molecule has 1 aromatic heterocycles. The smallest absolute Gasteiger partial charge is 0.224 e. The number of aromatic nitrogens is 2. The van der Waals surface area contributed by atoms with E-state index < -0.39 is 0 Å². The topological polar surface area (TPSA) is 70.2 Å². The molecule has 30 heavy (non-hydrogen) atoms. The van der Waals surface area contributed by atoms with E-state index in [1.165, 1.54) is 12.1 Å². The number of piperidine rings is 1. The molecule has 6 nitrogen and oxygen atoms in total. The van der Waals surface area contributed by atoms with E-state index in [0.717, 1.165) is 47.8 Å². The number of carbonyl (C=O) groups is 1. The number of amides is 1. The van der Waals surface area contributed by atoms with Crippen LogP contribution in [0, 0.1) is 5.82 Å². The molecule has 0 radical (unpaired) electrons. The van der Waals surface area contributed by atoms with Crippen LogP contribution in [0.5, 0.6) is 5.75 Å². The number of hydrogen-bond acceptors (Lipinski definition) is 4. The molecule has 7 heteroatoms. The maximum absolute atomic E-state index is 13.0. The molecule has 0 spiro atoms. The summed E-state index contributed by atoms with van der Waals surface area (Å²) in [4.78, 5) is 14.6. The summed E-state index contributed by atoms with van der Waals surface area (Å²) in [5, 5.41) is 10.7. The summed E-state index contributed by atoms with van der Waals surface area (Å²) in [5.74, 6) is 1.34. The van der Waals surface area contributed by atoms with Gasteiger partial charge in [0.2, 0.25) is 5.91 Å². The average Bonchev–Trinajstić information content (AvgIpc) is 3.26. The predicted octanol–water partition coefficient (Wildman–Crippen LogP) is 3.55. The van der Waals surface area contributed by atoms with Gasteiger partial charge in [0, 0.05) is 25.2 Å². The van der Waals surface area contributed by atoms with Crippen molar-refractivity contribution in [1.29, 1.82) is 0 Å². The van der Waals surface area contributed by atoms with Gasteiger partial charge in [-0.1, -0.05) is 12.1 Å². The number of nitrogens with zero attached hydrogens (tertiary/aromatic N) is 2. The molecule has 2 heterocycles. The van der Waals surface area contributed by atoms with Crippen molar-refractivity contribution in [2.24, 2.45) is 0 Å². The highest BCUT2D eigenvalue weighted by Gasteiger charge is 2.23. The van der Waals surface area contributed by atoms with E-state index in [-0.39, 0.29) is 24.2 Å².